The average molecular weight is 181 g/mol. The lowest BCUT2D eigenvalue weighted by Crippen LogP contribution is -2.36. The summed E-state index contributed by atoms with van der Waals surface area (Å²) in [4.78, 5) is 1.52. The van der Waals surface area contributed by atoms with Crippen LogP contribution in [0.3, 0.4) is 0 Å². The second-order valence-electron chi connectivity index (χ2n) is 2.61. The van der Waals surface area contributed by atoms with Gasteiger partial charge in [-0.2, -0.15) is 0 Å². The maximum atomic E-state index is 12.8. The van der Waals surface area contributed by atoms with Crippen LogP contribution in [-0.4, -0.2) is 12.5 Å². The minimum Gasteiger partial charge on any atom is -0.370 e. The Bertz CT molecular complexity index is 311. The summed E-state index contributed by atoms with van der Waals surface area (Å²) in [5.41, 5.74) is 5.92. The number of hydrogen-bond donors (Lipinski definition) is 2. The van der Waals surface area contributed by atoms with Gasteiger partial charge in [0.2, 0.25) is 0 Å². The highest BCUT2D eigenvalue weighted by atomic mass is 19.1. The molecule has 0 atom stereocenters. The van der Waals surface area contributed by atoms with Crippen LogP contribution in [0.25, 0.3) is 0 Å². The van der Waals surface area contributed by atoms with E-state index in [9.17, 15) is 4.39 Å². The van der Waals surface area contributed by atoms with Crippen LogP contribution in [0.1, 0.15) is 6.92 Å². The highest BCUT2D eigenvalue weighted by Crippen LogP contribution is 2.14. The van der Waals surface area contributed by atoms with E-state index in [4.69, 9.17) is 11.1 Å². The first kappa shape index (κ1) is 9.51. The Balaban J connectivity index is 2.98. The third kappa shape index (κ3) is 2.18. The number of halogens is 1. The van der Waals surface area contributed by atoms with Gasteiger partial charge in [-0.05, 0) is 25.1 Å². The topological polar surface area (TPSA) is 53.1 Å². The molecule has 0 aliphatic rings. The van der Waals surface area contributed by atoms with Crippen molar-refractivity contribution in [3.05, 3.63) is 30.1 Å². The first-order valence-electron chi connectivity index (χ1n) is 4.02. The molecule has 4 heteroatoms. The number of benzene rings is 1. The van der Waals surface area contributed by atoms with Crippen LogP contribution in [0, 0.1) is 11.2 Å². The van der Waals surface area contributed by atoms with E-state index in [0.29, 0.717) is 12.2 Å². The van der Waals surface area contributed by atoms with Gasteiger partial charge in [-0.25, -0.2) is 4.39 Å². The molecule has 0 fully saturated rings. The summed E-state index contributed by atoms with van der Waals surface area (Å²) in [5, 5.41) is 7.24. The third-order valence-electron chi connectivity index (χ3n) is 1.73. The van der Waals surface area contributed by atoms with Gasteiger partial charge in [0.1, 0.15) is 5.82 Å². The smallest absolute Gasteiger partial charge is 0.192 e. The monoisotopic (exact) mass is 181 g/mol. The van der Waals surface area contributed by atoms with Gasteiger partial charge < -0.3 is 10.6 Å². The zero-order valence-electron chi connectivity index (χ0n) is 7.42. The maximum absolute atomic E-state index is 12.8. The molecule has 0 aliphatic heterocycles. The Morgan fingerprint density at radius 2 is 2.31 bits per heavy atom. The van der Waals surface area contributed by atoms with Gasteiger partial charge in [-0.15, -0.1) is 0 Å². The number of rotatable bonds is 2. The van der Waals surface area contributed by atoms with Crippen molar-refractivity contribution < 1.29 is 4.39 Å². The van der Waals surface area contributed by atoms with Gasteiger partial charge in [0, 0.05) is 12.2 Å². The molecule has 13 heavy (non-hydrogen) atoms. The van der Waals surface area contributed by atoms with Crippen molar-refractivity contribution in [3.8, 4) is 0 Å². The molecule has 0 bridgehead atoms. The molecular formula is C9H12FN3. The van der Waals surface area contributed by atoms with Crippen LogP contribution in [-0.2, 0) is 0 Å². The Morgan fingerprint density at radius 3 is 2.77 bits per heavy atom. The predicted octanol–water partition coefficient (Wildman–Crippen LogP) is 1.55. The van der Waals surface area contributed by atoms with Crippen molar-refractivity contribution >= 4 is 11.6 Å². The summed E-state index contributed by atoms with van der Waals surface area (Å²) in [6, 6.07) is 6.02. The molecule has 1 aromatic carbocycles. The van der Waals surface area contributed by atoms with E-state index in [1.165, 1.54) is 17.0 Å². The molecule has 70 valence electrons. The van der Waals surface area contributed by atoms with Crippen molar-refractivity contribution in [1.29, 1.82) is 5.41 Å². The molecule has 0 aromatic heterocycles. The lowest BCUT2D eigenvalue weighted by Gasteiger charge is -2.20. The summed E-state index contributed by atoms with van der Waals surface area (Å²) in [7, 11) is 0. The normalized spacial score (nSPS) is 9.69. The van der Waals surface area contributed by atoms with E-state index >= 15 is 0 Å². The second-order valence-corrected chi connectivity index (χ2v) is 2.61. The Morgan fingerprint density at radius 1 is 1.62 bits per heavy atom. The molecule has 0 radical (unpaired) electrons. The lowest BCUT2D eigenvalue weighted by atomic mass is 10.3. The molecule has 0 unspecified atom stereocenters. The molecule has 0 aliphatic carbocycles. The molecule has 0 spiro atoms. The fourth-order valence-electron chi connectivity index (χ4n) is 1.14. The molecule has 0 saturated carbocycles. The first-order chi connectivity index (χ1) is 6.15. The quantitative estimate of drug-likeness (QED) is 0.537. The molecule has 3 N–H and O–H groups in total. The van der Waals surface area contributed by atoms with Crippen LogP contribution < -0.4 is 10.6 Å². The van der Waals surface area contributed by atoms with Crippen LogP contribution in [0.15, 0.2) is 24.3 Å². The van der Waals surface area contributed by atoms with Crippen LogP contribution >= 0.6 is 0 Å². The number of nitrogens with zero attached hydrogens (tertiary/aromatic N) is 1. The number of anilines is 1. The highest BCUT2D eigenvalue weighted by Gasteiger charge is 2.06. The zero-order chi connectivity index (χ0) is 9.84. The fraction of sp³-hybridized carbons (Fsp3) is 0.222. The number of hydrogen-bond acceptors (Lipinski definition) is 1. The molecule has 0 heterocycles. The van der Waals surface area contributed by atoms with Gasteiger partial charge in [-0.3, -0.25) is 5.41 Å². The number of nitrogens with two attached hydrogens (primary N) is 1. The van der Waals surface area contributed by atoms with Gasteiger partial charge in [0.25, 0.3) is 0 Å². The number of nitrogens with one attached hydrogen (secondary N) is 1. The summed E-state index contributed by atoms with van der Waals surface area (Å²) >= 11 is 0. The van der Waals surface area contributed by atoms with Gasteiger partial charge >= 0.3 is 0 Å². The third-order valence-corrected chi connectivity index (χ3v) is 1.73. The SMILES string of the molecule is CCN(C(=N)N)c1cccc(F)c1. The van der Waals surface area contributed by atoms with Crippen molar-refractivity contribution in [3.63, 3.8) is 0 Å². The highest BCUT2D eigenvalue weighted by molar-refractivity contribution is 5.92. The van der Waals surface area contributed by atoms with Crippen LogP contribution in [0.4, 0.5) is 10.1 Å². The molecule has 0 saturated heterocycles. The largest absolute Gasteiger partial charge is 0.370 e. The van der Waals surface area contributed by atoms with E-state index in [1.54, 1.807) is 12.1 Å². The van der Waals surface area contributed by atoms with Crippen molar-refractivity contribution in [2.75, 3.05) is 11.4 Å². The van der Waals surface area contributed by atoms with E-state index in [1.807, 2.05) is 6.92 Å². The Labute approximate surface area is 76.5 Å². The van der Waals surface area contributed by atoms with Gasteiger partial charge in [0.15, 0.2) is 5.96 Å². The fourth-order valence-corrected chi connectivity index (χ4v) is 1.14. The van der Waals surface area contributed by atoms with Gasteiger partial charge in [0.05, 0.1) is 0 Å². The predicted molar refractivity (Wildman–Crippen MR) is 51.3 cm³/mol. The van der Waals surface area contributed by atoms with E-state index < -0.39 is 0 Å². The number of guanidine groups is 1. The molecule has 1 rings (SSSR count). The summed E-state index contributed by atoms with van der Waals surface area (Å²) in [6.07, 6.45) is 0. The summed E-state index contributed by atoms with van der Waals surface area (Å²) in [6.45, 7) is 2.41. The maximum Gasteiger partial charge on any atom is 0.192 e. The average Bonchev–Trinajstić information content (AvgIpc) is 2.04. The summed E-state index contributed by atoms with van der Waals surface area (Å²) in [5.74, 6) is -0.398. The van der Waals surface area contributed by atoms with Gasteiger partial charge in [-0.1, -0.05) is 6.07 Å². The molecule has 3 nitrogen and oxygen atoms in total. The van der Waals surface area contributed by atoms with Crippen molar-refractivity contribution in [2.45, 2.75) is 6.92 Å². The summed E-state index contributed by atoms with van der Waals surface area (Å²) < 4.78 is 12.8. The molecule has 1 aromatic rings. The zero-order valence-corrected chi connectivity index (χ0v) is 7.42. The Hall–Kier alpha value is -1.58. The molecular weight excluding hydrogens is 169 g/mol. The first-order valence-corrected chi connectivity index (χ1v) is 4.02. The van der Waals surface area contributed by atoms with Crippen molar-refractivity contribution in [2.24, 2.45) is 5.73 Å². The van der Waals surface area contributed by atoms with E-state index in [-0.39, 0.29) is 11.8 Å². The van der Waals surface area contributed by atoms with Crippen molar-refractivity contribution in [1.82, 2.24) is 0 Å². The van der Waals surface area contributed by atoms with Crippen LogP contribution in [0.2, 0.25) is 0 Å². The van der Waals surface area contributed by atoms with Crippen LogP contribution in [0.5, 0.6) is 0 Å². The minimum absolute atomic E-state index is 0.0758. The molecule has 0 amide bonds. The van der Waals surface area contributed by atoms with E-state index in [0.717, 1.165) is 0 Å². The Kier molecular flexibility index (Phi) is 2.84. The van der Waals surface area contributed by atoms with E-state index in [2.05, 4.69) is 0 Å². The standard InChI is InChI=1S/C9H12FN3/c1-2-13(9(11)12)8-5-3-4-7(10)6-8/h3-6H,2H2,1H3,(H3,11,12). The minimum atomic E-state index is -0.322. The second kappa shape index (κ2) is 3.89. The lowest BCUT2D eigenvalue weighted by molar-refractivity contribution is 0.627.